The third kappa shape index (κ3) is 3.11. The van der Waals surface area contributed by atoms with E-state index in [2.05, 4.69) is 4.99 Å². The Balaban J connectivity index is 1.86. The van der Waals surface area contributed by atoms with Crippen LogP contribution in [0.3, 0.4) is 0 Å². The molecule has 0 aromatic heterocycles. The van der Waals surface area contributed by atoms with E-state index in [9.17, 15) is 4.79 Å². The Morgan fingerprint density at radius 3 is 2.65 bits per heavy atom. The quantitative estimate of drug-likeness (QED) is 0.904. The van der Waals surface area contributed by atoms with Gasteiger partial charge in [0.2, 0.25) is 5.91 Å². The van der Waals surface area contributed by atoms with E-state index in [1.807, 2.05) is 48.5 Å². The first-order chi connectivity index (χ1) is 11.0. The molecule has 3 rings (SSSR count). The van der Waals surface area contributed by atoms with Crippen molar-refractivity contribution < 1.29 is 9.53 Å². The maximum atomic E-state index is 11.4. The van der Waals surface area contributed by atoms with Crippen molar-refractivity contribution in [3.8, 4) is 11.5 Å². The molecule has 1 heterocycles. The summed E-state index contributed by atoms with van der Waals surface area (Å²) in [6.45, 7) is 2.17. The number of para-hydroxylation sites is 1. The van der Waals surface area contributed by atoms with Crippen LogP contribution in [0.2, 0.25) is 0 Å². The van der Waals surface area contributed by atoms with Gasteiger partial charge in [0, 0.05) is 12.1 Å². The third-order valence-corrected chi connectivity index (χ3v) is 3.78. The summed E-state index contributed by atoms with van der Waals surface area (Å²) in [6.07, 6.45) is 0. The molecule has 0 fully saturated rings. The largest absolute Gasteiger partial charge is 0.457 e. The summed E-state index contributed by atoms with van der Waals surface area (Å²) in [5.74, 6) is 1.31. The molecule has 0 aliphatic carbocycles. The van der Waals surface area contributed by atoms with Gasteiger partial charge in [-0.05, 0) is 37.3 Å². The van der Waals surface area contributed by atoms with Crippen LogP contribution >= 0.6 is 0 Å². The van der Waals surface area contributed by atoms with Crippen LogP contribution in [0.5, 0.6) is 11.5 Å². The van der Waals surface area contributed by atoms with Gasteiger partial charge in [-0.2, -0.15) is 0 Å². The minimum absolute atomic E-state index is 0.292. The van der Waals surface area contributed by atoms with Crippen molar-refractivity contribution in [3.05, 3.63) is 54.1 Å². The number of nitrogens with two attached hydrogens (primary N) is 2. The SMILES string of the molecule is CC(C(N)=O)N1Cc2cc(Oc3ccccc3)ccc2N=C1N. The second-order valence-electron chi connectivity index (χ2n) is 5.38. The number of carbonyl (C=O) groups is 1. The molecule has 0 spiro atoms. The standard InChI is InChI=1S/C17H18N4O2/c1-11(16(18)22)21-10-12-9-14(7-8-15(12)20-17(21)19)23-13-5-3-2-4-6-13/h2-9,11H,10H2,1H3,(H2,18,22)(H2,19,20). The molecule has 1 aliphatic rings. The lowest BCUT2D eigenvalue weighted by molar-refractivity contribution is -0.121. The number of nitrogens with zero attached hydrogens (tertiary/aromatic N) is 2. The molecule has 0 saturated heterocycles. The number of guanidine groups is 1. The Morgan fingerprint density at radius 1 is 1.22 bits per heavy atom. The van der Waals surface area contributed by atoms with E-state index >= 15 is 0 Å². The van der Waals surface area contributed by atoms with Crippen LogP contribution in [-0.2, 0) is 11.3 Å². The fraction of sp³-hybridized carbons (Fsp3) is 0.176. The van der Waals surface area contributed by atoms with Crippen molar-refractivity contribution in [2.24, 2.45) is 16.5 Å². The summed E-state index contributed by atoms with van der Waals surface area (Å²) in [7, 11) is 0. The van der Waals surface area contributed by atoms with Crippen LogP contribution in [0.4, 0.5) is 5.69 Å². The normalized spacial score (nSPS) is 14.7. The molecular weight excluding hydrogens is 292 g/mol. The van der Waals surface area contributed by atoms with Gasteiger partial charge in [-0.1, -0.05) is 18.2 Å². The van der Waals surface area contributed by atoms with Gasteiger partial charge in [0.05, 0.1) is 5.69 Å². The highest BCUT2D eigenvalue weighted by Crippen LogP contribution is 2.31. The molecule has 118 valence electrons. The van der Waals surface area contributed by atoms with Gasteiger partial charge < -0.3 is 21.1 Å². The summed E-state index contributed by atoms with van der Waals surface area (Å²) in [6, 6.07) is 14.6. The van der Waals surface area contributed by atoms with Crippen molar-refractivity contribution in [1.29, 1.82) is 0 Å². The number of carbonyl (C=O) groups excluding carboxylic acids is 1. The predicted octanol–water partition coefficient (Wildman–Crippen LogP) is 2.11. The van der Waals surface area contributed by atoms with Crippen LogP contribution < -0.4 is 16.2 Å². The Kier molecular flexibility index (Phi) is 3.89. The van der Waals surface area contributed by atoms with Gasteiger partial charge in [-0.25, -0.2) is 4.99 Å². The molecule has 23 heavy (non-hydrogen) atoms. The van der Waals surface area contributed by atoms with Crippen molar-refractivity contribution in [1.82, 2.24) is 4.90 Å². The maximum Gasteiger partial charge on any atom is 0.239 e. The zero-order valence-corrected chi connectivity index (χ0v) is 12.8. The van der Waals surface area contributed by atoms with Gasteiger partial charge in [0.25, 0.3) is 0 Å². The van der Waals surface area contributed by atoms with Crippen molar-refractivity contribution in [3.63, 3.8) is 0 Å². The first-order valence-electron chi connectivity index (χ1n) is 7.30. The summed E-state index contributed by atoms with van der Waals surface area (Å²) in [4.78, 5) is 17.4. The average molecular weight is 310 g/mol. The number of benzene rings is 2. The Bertz CT molecular complexity index is 758. The lowest BCUT2D eigenvalue weighted by Crippen LogP contribution is -2.49. The third-order valence-electron chi connectivity index (χ3n) is 3.78. The van der Waals surface area contributed by atoms with E-state index in [0.717, 1.165) is 17.0 Å². The van der Waals surface area contributed by atoms with E-state index in [-0.39, 0.29) is 0 Å². The van der Waals surface area contributed by atoms with E-state index in [4.69, 9.17) is 16.2 Å². The second-order valence-corrected chi connectivity index (χ2v) is 5.38. The molecule has 1 amide bonds. The molecule has 2 aromatic carbocycles. The summed E-state index contributed by atoms with van der Waals surface area (Å²) in [5.41, 5.74) is 13.0. The smallest absolute Gasteiger partial charge is 0.239 e. The zero-order valence-electron chi connectivity index (χ0n) is 12.8. The molecule has 6 nitrogen and oxygen atoms in total. The Labute approximate surface area is 134 Å². The number of hydrogen-bond acceptors (Lipinski definition) is 5. The highest BCUT2D eigenvalue weighted by Gasteiger charge is 2.25. The summed E-state index contributed by atoms with van der Waals surface area (Å²) >= 11 is 0. The number of primary amides is 1. The molecule has 1 unspecified atom stereocenters. The minimum Gasteiger partial charge on any atom is -0.457 e. The van der Waals surface area contributed by atoms with Gasteiger partial charge in [-0.15, -0.1) is 0 Å². The number of rotatable bonds is 4. The molecule has 4 N–H and O–H groups in total. The zero-order chi connectivity index (χ0) is 16.4. The van der Waals surface area contributed by atoms with E-state index in [1.165, 1.54) is 0 Å². The van der Waals surface area contributed by atoms with Crippen molar-refractivity contribution >= 4 is 17.6 Å². The first-order valence-corrected chi connectivity index (χ1v) is 7.30. The monoisotopic (exact) mass is 310 g/mol. The van der Waals surface area contributed by atoms with Crippen LogP contribution in [0.15, 0.2) is 53.5 Å². The number of amides is 1. The van der Waals surface area contributed by atoms with E-state index < -0.39 is 11.9 Å². The van der Waals surface area contributed by atoms with Gasteiger partial charge in [-0.3, -0.25) is 4.79 Å². The Morgan fingerprint density at radius 2 is 1.96 bits per heavy atom. The molecule has 0 bridgehead atoms. The predicted molar refractivity (Wildman–Crippen MR) is 88.4 cm³/mol. The number of hydrogen-bond donors (Lipinski definition) is 2. The van der Waals surface area contributed by atoms with Gasteiger partial charge in [0.1, 0.15) is 17.5 Å². The number of aliphatic imine (C=N–C) groups is 1. The molecule has 2 aromatic rings. The molecule has 0 radical (unpaired) electrons. The van der Waals surface area contributed by atoms with Crippen LogP contribution in [0.1, 0.15) is 12.5 Å². The van der Waals surface area contributed by atoms with Crippen molar-refractivity contribution in [2.75, 3.05) is 0 Å². The molecule has 1 atom stereocenters. The number of fused-ring (bicyclic) bond motifs is 1. The molecule has 0 saturated carbocycles. The van der Waals surface area contributed by atoms with Crippen LogP contribution in [0, 0.1) is 0 Å². The van der Waals surface area contributed by atoms with Crippen LogP contribution in [0.25, 0.3) is 0 Å². The Hall–Kier alpha value is -3.02. The topological polar surface area (TPSA) is 93.9 Å². The lowest BCUT2D eigenvalue weighted by atomic mass is 10.1. The first kappa shape index (κ1) is 14.9. The van der Waals surface area contributed by atoms with Gasteiger partial charge in [0.15, 0.2) is 5.96 Å². The maximum absolute atomic E-state index is 11.4. The van der Waals surface area contributed by atoms with Gasteiger partial charge >= 0.3 is 0 Å². The highest BCUT2D eigenvalue weighted by atomic mass is 16.5. The van der Waals surface area contributed by atoms with E-state index in [1.54, 1.807) is 11.8 Å². The highest BCUT2D eigenvalue weighted by molar-refractivity contribution is 5.89. The van der Waals surface area contributed by atoms with Crippen LogP contribution in [-0.4, -0.2) is 22.8 Å². The average Bonchev–Trinajstić information content (AvgIpc) is 2.54. The molecule has 6 heteroatoms. The van der Waals surface area contributed by atoms with E-state index in [0.29, 0.717) is 18.3 Å². The molecular formula is C17H18N4O2. The second kappa shape index (κ2) is 6.00. The fourth-order valence-corrected chi connectivity index (χ4v) is 2.43. The van der Waals surface area contributed by atoms with Crippen molar-refractivity contribution in [2.45, 2.75) is 19.5 Å². The lowest BCUT2D eigenvalue weighted by Gasteiger charge is -2.31. The summed E-state index contributed by atoms with van der Waals surface area (Å²) < 4.78 is 5.82. The summed E-state index contributed by atoms with van der Waals surface area (Å²) in [5, 5.41) is 0. The minimum atomic E-state index is -0.523. The fourth-order valence-electron chi connectivity index (χ4n) is 2.43. The molecule has 1 aliphatic heterocycles. The number of ether oxygens (including phenoxy) is 1.